The van der Waals surface area contributed by atoms with Crippen LogP contribution in [-0.2, 0) is 17.8 Å². The molecule has 1 fully saturated rings. The van der Waals surface area contributed by atoms with E-state index in [1.54, 1.807) is 12.3 Å². The van der Waals surface area contributed by atoms with E-state index in [-0.39, 0.29) is 5.91 Å². The van der Waals surface area contributed by atoms with Crippen LogP contribution in [0.25, 0.3) is 22.3 Å². The molecule has 2 aromatic heterocycles. The van der Waals surface area contributed by atoms with Gasteiger partial charge < -0.3 is 19.7 Å². The monoisotopic (exact) mass is 653 g/mol. The molecule has 252 valence electrons. The molecular formula is C34H42F3N7O3. The Bertz CT molecular complexity index is 1640. The number of alkyl halides is 3. The van der Waals surface area contributed by atoms with E-state index in [2.05, 4.69) is 20.4 Å². The second kappa shape index (κ2) is 15.1. The van der Waals surface area contributed by atoms with Crippen LogP contribution < -0.4 is 10.1 Å². The Balaban J connectivity index is 1.39. The topological polar surface area (TPSA) is 89.7 Å². The van der Waals surface area contributed by atoms with Crippen molar-refractivity contribution in [1.29, 1.82) is 0 Å². The molecule has 0 spiro atoms. The fraction of sp³-hybridized carbons (Fsp3) is 0.441. The molecule has 3 heterocycles. The average molecular weight is 654 g/mol. The van der Waals surface area contributed by atoms with Crippen molar-refractivity contribution in [2.75, 3.05) is 60.1 Å². The smallest absolute Gasteiger partial charge is 0.408 e. The van der Waals surface area contributed by atoms with E-state index in [1.807, 2.05) is 74.1 Å². The molecule has 0 saturated carbocycles. The van der Waals surface area contributed by atoms with Crippen LogP contribution in [0.2, 0.25) is 0 Å². The number of amides is 1. The second-order valence-electron chi connectivity index (χ2n) is 12.2. The van der Waals surface area contributed by atoms with Crippen LogP contribution in [-0.4, -0.2) is 102 Å². The highest BCUT2D eigenvalue weighted by atomic mass is 19.4. The highest BCUT2D eigenvalue weighted by Crippen LogP contribution is 2.31. The van der Waals surface area contributed by atoms with Crippen molar-refractivity contribution >= 4 is 5.91 Å². The molecule has 0 unspecified atom stereocenters. The third kappa shape index (κ3) is 9.66. The first-order valence-corrected chi connectivity index (χ1v) is 15.7. The molecule has 1 aliphatic heterocycles. The van der Waals surface area contributed by atoms with Gasteiger partial charge >= 0.3 is 6.18 Å². The van der Waals surface area contributed by atoms with Gasteiger partial charge in [-0.05, 0) is 80.5 Å². The SMILES string of the molecule is Cc1ccc(OCCN(C)C)cc1C(=O)N[C@H](C)c1cc(-c2cnn(CCN3CCOCC3)c2)cc(-c2cnn(CC(F)(F)F)c2)c1. The molecule has 0 radical (unpaired) electrons. The molecule has 0 aliphatic carbocycles. The molecule has 1 N–H and O–H groups in total. The van der Waals surface area contributed by atoms with E-state index < -0.39 is 18.8 Å². The number of carbonyl (C=O) groups excluding carboxylic acids is 1. The lowest BCUT2D eigenvalue weighted by Crippen LogP contribution is -2.38. The Morgan fingerprint density at radius 2 is 1.64 bits per heavy atom. The zero-order valence-electron chi connectivity index (χ0n) is 27.3. The normalized spacial score (nSPS) is 14.8. The summed E-state index contributed by atoms with van der Waals surface area (Å²) in [5, 5.41) is 11.6. The highest BCUT2D eigenvalue weighted by molar-refractivity contribution is 5.96. The third-order valence-corrected chi connectivity index (χ3v) is 8.09. The lowest BCUT2D eigenvalue weighted by Gasteiger charge is -2.26. The van der Waals surface area contributed by atoms with Gasteiger partial charge in [0, 0.05) is 55.3 Å². The number of hydrogen-bond donors (Lipinski definition) is 1. The number of benzene rings is 2. The lowest BCUT2D eigenvalue weighted by molar-refractivity contribution is -0.142. The maximum Gasteiger partial charge on any atom is 0.408 e. The largest absolute Gasteiger partial charge is 0.492 e. The van der Waals surface area contributed by atoms with Gasteiger partial charge in [-0.25, -0.2) is 0 Å². The molecule has 5 rings (SSSR count). The first kappa shape index (κ1) is 34.1. The Labute approximate surface area is 273 Å². The van der Waals surface area contributed by atoms with Gasteiger partial charge in [0.25, 0.3) is 5.91 Å². The highest BCUT2D eigenvalue weighted by Gasteiger charge is 2.28. The first-order chi connectivity index (χ1) is 22.4. The first-order valence-electron chi connectivity index (χ1n) is 15.7. The van der Waals surface area contributed by atoms with Crippen LogP contribution in [0.5, 0.6) is 5.75 Å². The number of morpholine rings is 1. The van der Waals surface area contributed by atoms with Crippen molar-refractivity contribution in [1.82, 2.24) is 34.7 Å². The number of aromatic nitrogens is 4. The van der Waals surface area contributed by atoms with Gasteiger partial charge in [0.2, 0.25) is 0 Å². The number of likely N-dealkylation sites (N-methyl/N-ethyl adjacent to an activating group) is 1. The molecule has 10 nitrogen and oxygen atoms in total. The van der Waals surface area contributed by atoms with E-state index in [1.165, 1.54) is 12.4 Å². The van der Waals surface area contributed by atoms with Crippen molar-refractivity contribution in [2.45, 2.75) is 39.2 Å². The van der Waals surface area contributed by atoms with Crippen LogP contribution in [0, 0.1) is 6.92 Å². The molecule has 47 heavy (non-hydrogen) atoms. The Kier molecular flexibility index (Phi) is 11.0. The minimum atomic E-state index is -4.39. The van der Waals surface area contributed by atoms with Crippen molar-refractivity contribution in [3.05, 3.63) is 77.9 Å². The maximum absolute atomic E-state index is 13.5. The average Bonchev–Trinajstić information content (AvgIpc) is 3.70. The summed E-state index contributed by atoms with van der Waals surface area (Å²) in [5.74, 6) is 0.356. The standard InChI is InChI=1S/C34H42F3N7O3/c1-24-5-6-31(47-14-9-41(3)4)18-32(24)33(45)40-25(2)26-15-27(17-28(16-26)30-20-39-44(22-30)23-34(35,36)37)29-19-38-43(21-29)8-7-42-10-12-46-13-11-42/h5-6,15-22,25H,7-14,23H2,1-4H3,(H,40,45)/t25-/m1/s1. The Morgan fingerprint density at radius 1 is 0.979 bits per heavy atom. The van der Waals surface area contributed by atoms with E-state index in [9.17, 15) is 18.0 Å². The number of hydrogen-bond acceptors (Lipinski definition) is 7. The maximum atomic E-state index is 13.5. The number of aryl methyl sites for hydroxylation is 1. The van der Waals surface area contributed by atoms with Crippen molar-refractivity contribution in [2.24, 2.45) is 0 Å². The quantitative estimate of drug-likeness (QED) is 0.216. The minimum absolute atomic E-state index is 0.256. The molecule has 2 aromatic carbocycles. The summed E-state index contributed by atoms with van der Waals surface area (Å²) in [5.41, 5.74) is 5.00. The number of nitrogens with zero attached hydrogens (tertiary/aromatic N) is 6. The van der Waals surface area contributed by atoms with Crippen LogP contribution in [0.3, 0.4) is 0 Å². The predicted molar refractivity (Wildman–Crippen MR) is 173 cm³/mol. The second-order valence-corrected chi connectivity index (χ2v) is 12.2. The third-order valence-electron chi connectivity index (χ3n) is 8.09. The summed E-state index contributed by atoms with van der Waals surface area (Å²) in [7, 11) is 3.93. The zero-order chi connectivity index (χ0) is 33.6. The molecule has 4 aromatic rings. The molecule has 13 heteroatoms. The van der Waals surface area contributed by atoms with E-state index >= 15 is 0 Å². The fourth-order valence-electron chi connectivity index (χ4n) is 5.36. The van der Waals surface area contributed by atoms with Gasteiger partial charge in [0.15, 0.2) is 0 Å². The van der Waals surface area contributed by atoms with Crippen LogP contribution in [0.1, 0.15) is 34.5 Å². The van der Waals surface area contributed by atoms with Crippen LogP contribution in [0.4, 0.5) is 13.2 Å². The number of ether oxygens (including phenoxy) is 2. The van der Waals surface area contributed by atoms with Crippen molar-refractivity contribution in [3.8, 4) is 28.0 Å². The van der Waals surface area contributed by atoms with Crippen LogP contribution in [0.15, 0.2) is 61.2 Å². The van der Waals surface area contributed by atoms with E-state index in [0.717, 1.165) is 66.3 Å². The molecular weight excluding hydrogens is 611 g/mol. The van der Waals surface area contributed by atoms with Gasteiger partial charge in [-0.3, -0.25) is 19.1 Å². The van der Waals surface area contributed by atoms with Crippen molar-refractivity contribution in [3.63, 3.8) is 0 Å². The summed E-state index contributed by atoms with van der Waals surface area (Å²) in [6.45, 7) is 8.59. The van der Waals surface area contributed by atoms with Crippen LogP contribution >= 0.6 is 0 Å². The van der Waals surface area contributed by atoms with Gasteiger partial charge in [-0.2, -0.15) is 23.4 Å². The Hall–Kier alpha value is -4.20. The van der Waals surface area contributed by atoms with Gasteiger partial charge in [-0.15, -0.1) is 0 Å². The summed E-state index contributed by atoms with van der Waals surface area (Å²) in [6, 6.07) is 10.8. The number of halogens is 3. The summed E-state index contributed by atoms with van der Waals surface area (Å²) in [6.07, 6.45) is 2.16. The lowest BCUT2D eigenvalue weighted by atomic mass is 9.96. The van der Waals surface area contributed by atoms with Gasteiger partial charge in [0.1, 0.15) is 18.9 Å². The van der Waals surface area contributed by atoms with E-state index in [4.69, 9.17) is 9.47 Å². The number of rotatable bonds is 13. The predicted octanol–water partition coefficient (Wildman–Crippen LogP) is 5.05. The van der Waals surface area contributed by atoms with E-state index in [0.29, 0.717) is 35.6 Å². The molecule has 1 saturated heterocycles. The number of nitrogens with one attached hydrogen (secondary N) is 1. The van der Waals surface area contributed by atoms with Gasteiger partial charge in [0.05, 0.1) is 38.2 Å². The minimum Gasteiger partial charge on any atom is -0.492 e. The molecule has 1 aliphatic rings. The summed E-state index contributed by atoms with van der Waals surface area (Å²) in [4.78, 5) is 17.9. The fourth-order valence-corrected chi connectivity index (χ4v) is 5.36. The Morgan fingerprint density at radius 3 is 2.30 bits per heavy atom. The number of carbonyl (C=O) groups is 1. The summed E-state index contributed by atoms with van der Waals surface area (Å²) < 4.78 is 53.3. The summed E-state index contributed by atoms with van der Waals surface area (Å²) >= 11 is 0. The molecule has 1 atom stereocenters. The zero-order valence-corrected chi connectivity index (χ0v) is 27.3. The van der Waals surface area contributed by atoms with Crippen molar-refractivity contribution < 1.29 is 27.4 Å². The molecule has 0 bridgehead atoms. The molecule has 1 amide bonds. The van der Waals surface area contributed by atoms with Gasteiger partial charge in [-0.1, -0.05) is 6.07 Å².